The lowest BCUT2D eigenvalue weighted by Crippen LogP contribution is -2.35. The Balaban J connectivity index is 2.16. The number of nitrogens with one attached hydrogen (secondary N) is 1. The van der Waals surface area contributed by atoms with Crippen LogP contribution in [0.25, 0.3) is 0 Å². The van der Waals surface area contributed by atoms with Crippen LogP contribution in [0.4, 0.5) is 0 Å². The van der Waals surface area contributed by atoms with Gasteiger partial charge in [-0.2, -0.15) is 0 Å². The maximum atomic E-state index is 5.51. The number of furan rings is 1. The summed E-state index contributed by atoms with van der Waals surface area (Å²) in [6, 6.07) is 4.36. The van der Waals surface area contributed by atoms with Crippen LogP contribution in [0.5, 0.6) is 0 Å². The van der Waals surface area contributed by atoms with E-state index in [9.17, 15) is 0 Å². The minimum absolute atomic E-state index is 0.418. The first-order chi connectivity index (χ1) is 7.36. The summed E-state index contributed by atoms with van der Waals surface area (Å²) in [4.78, 5) is 0. The highest BCUT2D eigenvalue weighted by molar-refractivity contribution is 4.98. The predicted molar refractivity (Wildman–Crippen MR) is 62.3 cm³/mol. The number of nitrogens with two attached hydrogens (primary N) is 1. The molecule has 0 radical (unpaired) electrons. The van der Waals surface area contributed by atoms with E-state index in [4.69, 9.17) is 10.3 Å². The van der Waals surface area contributed by atoms with Crippen molar-refractivity contribution in [3.05, 3.63) is 24.2 Å². The number of hydrogen-bond donors (Lipinski definition) is 2. The van der Waals surface area contributed by atoms with Gasteiger partial charge < -0.3 is 4.42 Å². The number of aryl methyl sites for hydroxylation is 1. The second kappa shape index (κ2) is 7.49. The van der Waals surface area contributed by atoms with Crippen molar-refractivity contribution in [2.45, 2.75) is 51.5 Å². The normalized spacial score (nSPS) is 12.9. The Morgan fingerprint density at radius 3 is 2.87 bits per heavy atom. The SMILES string of the molecule is CCCCCC(CCc1ccco1)NN. The van der Waals surface area contributed by atoms with Gasteiger partial charge in [0.2, 0.25) is 0 Å². The Hall–Kier alpha value is -0.800. The van der Waals surface area contributed by atoms with E-state index in [2.05, 4.69) is 12.3 Å². The van der Waals surface area contributed by atoms with Crippen LogP contribution >= 0.6 is 0 Å². The van der Waals surface area contributed by atoms with E-state index in [1.165, 1.54) is 19.3 Å². The minimum atomic E-state index is 0.418. The fraction of sp³-hybridized carbons (Fsp3) is 0.667. The quantitative estimate of drug-likeness (QED) is 0.394. The molecular formula is C12H22N2O. The summed E-state index contributed by atoms with van der Waals surface area (Å²) in [5.74, 6) is 6.56. The van der Waals surface area contributed by atoms with Gasteiger partial charge in [-0.25, -0.2) is 0 Å². The van der Waals surface area contributed by atoms with Crippen molar-refractivity contribution in [3.63, 3.8) is 0 Å². The molecule has 1 aromatic heterocycles. The van der Waals surface area contributed by atoms with Crippen molar-refractivity contribution in [3.8, 4) is 0 Å². The van der Waals surface area contributed by atoms with Gasteiger partial charge in [0.05, 0.1) is 6.26 Å². The molecule has 0 saturated carbocycles. The fourth-order valence-corrected chi connectivity index (χ4v) is 1.72. The topological polar surface area (TPSA) is 51.2 Å². The molecule has 1 heterocycles. The summed E-state index contributed by atoms with van der Waals surface area (Å²) in [7, 11) is 0. The number of hydrazine groups is 1. The van der Waals surface area contributed by atoms with Crippen molar-refractivity contribution >= 4 is 0 Å². The van der Waals surface area contributed by atoms with Crippen molar-refractivity contribution in [1.29, 1.82) is 0 Å². The summed E-state index contributed by atoms with van der Waals surface area (Å²) in [5, 5.41) is 0. The molecule has 1 unspecified atom stereocenters. The van der Waals surface area contributed by atoms with Crippen LogP contribution in [-0.4, -0.2) is 6.04 Å². The van der Waals surface area contributed by atoms with Crippen LogP contribution in [-0.2, 0) is 6.42 Å². The van der Waals surface area contributed by atoms with Crippen molar-refractivity contribution in [1.82, 2.24) is 5.43 Å². The van der Waals surface area contributed by atoms with E-state index in [1.54, 1.807) is 6.26 Å². The van der Waals surface area contributed by atoms with Crippen LogP contribution in [0.15, 0.2) is 22.8 Å². The molecule has 0 aliphatic rings. The molecule has 0 amide bonds. The minimum Gasteiger partial charge on any atom is -0.469 e. The average Bonchev–Trinajstić information content (AvgIpc) is 2.76. The molecule has 1 atom stereocenters. The van der Waals surface area contributed by atoms with E-state index in [0.717, 1.165) is 25.0 Å². The van der Waals surface area contributed by atoms with E-state index in [1.807, 2.05) is 12.1 Å². The first kappa shape index (κ1) is 12.3. The summed E-state index contributed by atoms with van der Waals surface area (Å²) < 4.78 is 5.29. The Morgan fingerprint density at radius 1 is 1.40 bits per heavy atom. The molecule has 0 aliphatic carbocycles. The van der Waals surface area contributed by atoms with Gasteiger partial charge in [-0.3, -0.25) is 11.3 Å². The standard InChI is InChI=1S/C12H22N2O/c1-2-3-4-6-11(14-13)8-9-12-7-5-10-15-12/h5,7,10-11,14H,2-4,6,8-9,13H2,1H3. The maximum Gasteiger partial charge on any atom is 0.103 e. The molecule has 15 heavy (non-hydrogen) atoms. The Morgan fingerprint density at radius 2 is 2.27 bits per heavy atom. The third kappa shape index (κ3) is 5.00. The predicted octanol–water partition coefficient (Wildman–Crippen LogP) is 2.62. The van der Waals surface area contributed by atoms with E-state index < -0.39 is 0 Å². The zero-order chi connectivity index (χ0) is 10.9. The molecule has 3 N–H and O–H groups in total. The summed E-state index contributed by atoms with van der Waals surface area (Å²) in [5.41, 5.74) is 2.88. The van der Waals surface area contributed by atoms with Gasteiger partial charge in [0, 0.05) is 12.5 Å². The molecule has 0 aliphatic heterocycles. The number of unbranched alkanes of at least 4 members (excludes halogenated alkanes) is 2. The van der Waals surface area contributed by atoms with Crippen molar-refractivity contribution in [2.24, 2.45) is 5.84 Å². The van der Waals surface area contributed by atoms with Crippen LogP contribution in [0.3, 0.4) is 0 Å². The first-order valence-electron chi connectivity index (χ1n) is 5.85. The van der Waals surface area contributed by atoms with Crippen molar-refractivity contribution < 1.29 is 4.42 Å². The molecular weight excluding hydrogens is 188 g/mol. The van der Waals surface area contributed by atoms with Crippen LogP contribution < -0.4 is 11.3 Å². The average molecular weight is 210 g/mol. The lowest BCUT2D eigenvalue weighted by Gasteiger charge is -2.14. The third-order valence-corrected chi connectivity index (χ3v) is 2.71. The lowest BCUT2D eigenvalue weighted by molar-refractivity contribution is 0.419. The molecule has 0 saturated heterocycles. The summed E-state index contributed by atoms with van der Waals surface area (Å²) in [6.45, 7) is 2.22. The Bertz CT molecular complexity index is 234. The van der Waals surface area contributed by atoms with Crippen molar-refractivity contribution in [2.75, 3.05) is 0 Å². The number of rotatable bonds is 8. The molecule has 0 spiro atoms. The second-order valence-corrected chi connectivity index (χ2v) is 3.98. The Labute approximate surface area is 92.0 Å². The Kier molecular flexibility index (Phi) is 6.12. The van der Waals surface area contributed by atoms with E-state index in [-0.39, 0.29) is 0 Å². The smallest absolute Gasteiger partial charge is 0.103 e. The largest absolute Gasteiger partial charge is 0.469 e. The molecule has 86 valence electrons. The van der Waals surface area contributed by atoms with Crippen LogP contribution in [0.1, 0.15) is 44.8 Å². The van der Waals surface area contributed by atoms with Gasteiger partial charge in [0.1, 0.15) is 5.76 Å². The van der Waals surface area contributed by atoms with Gasteiger partial charge in [-0.15, -0.1) is 0 Å². The summed E-state index contributed by atoms with van der Waals surface area (Å²) in [6.07, 6.45) is 8.70. The lowest BCUT2D eigenvalue weighted by atomic mass is 10.0. The van der Waals surface area contributed by atoms with Gasteiger partial charge in [-0.05, 0) is 25.0 Å². The van der Waals surface area contributed by atoms with Crippen LogP contribution in [0, 0.1) is 0 Å². The monoisotopic (exact) mass is 210 g/mol. The van der Waals surface area contributed by atoms with E-state index in [0.29, 0.717) is 6.04 Å². The van der Waals surface area contributed by atoms with Gasteiger partial charge >= 0.3 is 0 Å². The molecule has 0 fully saturated rings. The second-order valence-electron chi connectivity index (χ2n) is 3.98. The van der Waals surface area contributed by atoms with Gasteiger partial charge in [0.25, 0.3) is 0 Å². The molecule has 0 aromatic carbocycles. The molecule has 1 rings (SSSR count). The molecule has 1 aromatic rings. The highest BCUT2D eigenvalue weighted by Crippen LogP contribution is 2.10. The summed E-state index contributed by atoms with van der Waals surface area (Å²) >= 11 is 0. The van der Waals surface area contributed by atoms with Crippen LogP contribution in [0.2, 0.25) is 0 Å². The molecule has 3 nitrogen and oxygen atoms in total. The molecule has 0 bridgehead atoms. The zero-order valence-corrected chi connectivity index (χ0v) is 9.54. The number of hydrogen-bond acceptors (Lipinski definition) is 3. The van der Waals surface area contributed by atoms with Gasteiger partial charge in [0.15, 0.2) is 0 Å². The highest BCUT2D eigenvalue weighted by Gasteiger charge is 2.07. The molecule has 3 heteroatoms. The van der Waals surface area contributed by atoms with Gasteiger partial charge in [-0.1, -0.05) is 26.2 Å². The fourth-order valence-electron chi connectivity index (χ4n) is 1.72. The first-order valence-corrected chi connectivity index (χ1v) is 5.85. The zero-order valence-electron chi connectivity index (χ0n) is 9.54. The third-order valence-electron chi connectivity index (χ3n) is 2.71. The maximum absolute atomic E-state index is 5.51. The van der Waals surface area contributed by atoms with E-state index >= 15 is 0 Å². The highest BCUT2D eigenvalue weighted by atomic mass is 16.3.